The van der Waals surface area contributed by atoms with Gasteiger partial charge >= 0.3 is 23.5 Å². The van der Waals surface area contributed by atoms with E-state index in [0.29, 0.717) is 0 Å². The van der Waals surface area contributed by atoms with Gasteiger partial charge in [-0.15, -0.1) is 11.6 Å². The zero-order valence-corrected chi connectivity index (χ0v) is 15.0. The highest BCUT2D eigenvalue weighted by Crippen LogP contribution is 2.27. The van der Waals surface area contributed by atoms with E-state index in [1.54, 1.807) is 0 Å². The molecule has 0 aromatic carbocycles. The van der Waals surface area contributed by atoms with Crippen molar-refractivity contribution < 1.29 is 57.7 Å². The Hall–Kier alpha value is 1.49. The molecule has 21 heavy (non-hydrogen) atoms. The van der Waals surface area contributed by atoms with Crippen molar-refractivity contribution in [1.29, 1.82) is 0 Å². The van der Waals surface area contributed by atoms with Gasteiger partial charge in [0.15, 0.2) is 0 Å². The van der Waals surface area contributed by atoms with E-state index < -0.39 is 27.3 Å². The zero-order chi connectivity index (χ0) is 18.7. The molecule has 19 heteroatoms. The minimum Gasteiger partial charge on any atom is -0.303 e. The van der Waals surface area contributed by atoms with Crippen LogP contribution in [0, 0.1) is 0 Å². The normalized spacial score (nSPS) is 11.9. The van der Waals surface area contributed by atoms with Crippen LogP contribution in [0.3, 0.4) is 0 Å². The van der Waals surface area contributed by atoms with E-state index in [1.165, 1.54) is 0 Å². The van der Waals surface area contributed by atoms with Crippen molar-refractivity contribution in [2.24, 2.45) is 0 Å². The van der Waals surface area contributed by atoms with Crippen molar-refractivity contribution in [2.75, 3.05) is 5.88 Å². The first-order valence-corrected chi connectivity index (χ1v) is 9.90. The maximum atomic E-state index is 8.88. The van der Waals surface area contributed by atoms with Gasteiger partial charge in [-0.25, -0.2) is 13.7 Å². The van der Waals surface area contributed by atoms with Gasteiger partial charge in [-0.1, -0.05) is 34.8 Å². The summed E-state index contributed by atoms with van der Waals surface area (Å²) in [5, 5.41) is 0. The van der Waals surface area contributed by atoms with Gasteiger partial charge in [0.1, 0.15) is 0 Å². The third kappa shape index (κ3) is 405. The highest BCUT2D eigenvalue weighted by molar-refractivity contribution is 7.45. The Morgan fingerprint density at radius 1 is 0.619 bits per heavy atom. The first kappa shape index (κ1) is 30.4. The van der Waals surface area contributed by atoms with Crippen LogP contribution >= 0.6 is 69.9 Å². The smallest absolute Gasteiger partial charge is 0.303 e. The highest BCUT2D eigenvalue weighted by Gasteiger charge is 2.16. The predicted octanol–water partition coefficient (Wildman–Crippen LogP) is -0.190. The van der Waals surface area contributed by atoms with Gasteiger partial charge in [0, 0.05) is 0 Å². The van der Waals surface area contributed by atoms with Crippen molar-refractivity contribution in [3.8, 4) is 0 Å². The summed E-state index contributed by atoms with van der Waals surface area (Å²) in [5.41, 5.74) is 0. The number of phosphoric acid groups is 3. The lowest BCUT2D eigenvalue weighted by molar-refractivity contribution is 0.272. The number of hydrogen-bond donors (Lipinski definition) is 9. The van der Waals surface area contributed by atoms with E-state index in [9.17, 15) is 0 Å². The molecule has 0 radical (unpaired) electrons. The summed E-state index contributed by atoms with van der Waals surface area (Å²) in [4.78, 5) is 64.7. The van der Waals surface area contributed by atoms with E-state index in [2.05, 4.69) is 0 Å². The van der Waals surface area contributed by atoms with Gasteiger partial charge in [0.05, 0.1) is 5.88 Å². The van der Waals surface area contributed by atoms with Gasteiger partial charge in [0.2, 0.25) is 3.79 Å². The molecule has 134 valence electrons. The Labute approximate surface area is 137 Å². The molecule has 0 atom stereocenters. The molecular formula is C2H11Cl4O12P3. The quantitative estimate of drug-likeness (QED) is 0.168. The van der Waals surface area contributed by atoms with Crippen molar-refractivity contribution in [3.63, 3.8) is 0 Å². The largest absolute Gasteiger partial charge is 0.466 e. The highest BCUT2D eigenvalue weighted by atomic mass is 35.6. The molecule has 0 aliphatic heterocycles. The summed E-state index contributed by atoms with van der Waals surface area (Å²) in [6.45, 7) is 0. The first-order valence-electron chi connectivity index (χ1n) is 3.54. The molecule has 0 bridgehead atoms. The Morgan fingerprint density at radius 3 is 0.667 bits per heavy atom. The fraction of sp³-hybridized carbons (Fsp3) is 1.00. The number of alkyl halides is 4. The summed E-state index contributed by atoms with van der Waals surface area (Å²) < 4.78 is 25.4. The summed E-state index contributed by atoms with van der Waals surface area (Å²) in [5.74, 6) is 0.0394. The van der Waals surface area contributed by atoms with Crippen LogP contribution < -0.4 is 0 Å². The summed E-state index contributed by atoms with van der Waals surface area (Å²) in [6, 6.07) is 0. The second kappa shape index (κ2) is 12.9. The SMILES string of the molecule is ClCC(Cl)(Cl)Cl.O=P(O)(O)O.O=P(O)(O)O.O=P(O)(O)O. The minimum absolute atomic E-state index is 0.0394. The molecule has 0 unspecified atom stereocenters. The van der Waals surface area contributed by atoms with E-state index >= 15 is 0 Å². The van der Waals surface area contributed by atoms with Crippen LogP contribution in [-0.2, 0) is 13.7 Å². The molecule has 0 spiro atoms. The molecule has 0 aromatic rings. The van der Waals surface area contributed by atoms with Crippen molar-refractivity contribution >= 4 is 69.9 Å². The maximum Gasteiger partial charge on any atom is 0.466 e. The number of halogens is 4. The Balaban J connectivity index is -0.0000000921. The Morgan fingerprint density at radius 2 is 0.667 bits per heavy atom. The van der Waals surface area contributed by atoms with E-state index in [0.717, 1.165) is 0 Å². The molecule has 0 aromatic heterocycles. The predicted molar refractivity (Wildman–Crippen MR) is 73.8 cm³/mol. The molecule has 0 heterocycles. The van der Waals surface area contributed by atoms with Crippen LogP contribution in [0.1, 0.15) is 0 Å². The average Bonchev–Trinajstić information content (AvgIpc) is 1.91. The molecule has 0 fully saturated rings. The molecule has 0 aliphatic rings. The van der Waals surface area contributed by atoms with Crippen LogP contribution in [-0.4, -0.2) is 53.7 Å². The van der Waals surface area contributed by atoms with Crippen LogP contribution in [0.25, 0.3) is 0 Å². The second-order valence-electron chi connectivity index (χ2n) is 2.29. The Kier molecular flexibility index (Phi) is 18.6. The average molecular weight is 462 g/mol. The molecule has 0 aliphatic carbocycles. The molecule has 9 N–H and O–H groups in total. The van der Waals surface area contributed by atoms with E-state index in [4.69, 9.17) is 104 Å². The lowest BCUT2D eigenvalue weighted by Crippen LogP contribution is -2.01. The minimum atomic E-state index is -4.64. The van der Waals surface area contributed by atoms with Crippen molar-refractivity contribution in [2.45, 2.75) is 3.79 Å². The number of hydrogen-bond acceptors (Lipinski definition) is 3. The topological polar surface area (TPSA) is 233 Å². The second-order valence-corrected chi connectivity index (χ2v) is 8.15. The third-order valence-electron chi connectivity index (χ3n) is 0.152. The van der Waals surface area contributed by atoms with Gasteiger partial charge in [-0.3, -0.25) is 0 Å². The molecule has 0 saturated carbocycles. The van der Waals surface area contributed by atoms with E-state index in [1.807, 2.05) is 0 Å². The fourth-order valence-electron chi connectivity index (χ4n) is 0. The lowest BCUT2D eigenvalue weighted by atomic mass is 10.9. The van der Waals surface area contributed by atoms with Gasteiger partial charge in [-0.05, 0) is 0 Å². The van der Waals surface area contributed by atoms with Crippen LogP contribution in [0.4, 0.5) is 0 Å². The molecule has 0 amide bonds. The van der Waals surface area contributed by atoms with Gasteiger partial charge in [-0.2, -0.15) is 0 Å². The molecular weight excluding hydrogens is 451 g/mol. The summed E-state index contributed by atoms with van der Waals surface area (Å²) >= 11 is 20.4. The van der Waals surface area contributed by atoms with Gasteiger partial charge < -0.3 is 44.0 Å². The fourth-order valence-corrected chi connectivity index (χ4v) is 0. The van der Waals surface area contributed by atoms with E-state index in [-0.39, 0.29) is 5.88 Å². The van der Waals surface area contributed by atoms with Crippen molar-refractivity contribution in [3.05, 3.63) is 0 Å². The Bertz CT molecular complexity index is 302. The monoisotopic (exact) mass is 460 g/mol. The summed E-state index contributed by atoms with van der Waals surface area (Å²) in [6.07, 6.45) is 0. The van der Waals surface area contributed by atoms with Gasteiger partial charge in [0.25, 0.3) is 0 Å². The van der Waals surface area contributed by atoms with Crippen LogP contribution in [0.2, 0.25) is 0 Å². The van der Waals surface area contributed by atoms with Crippen LogP contribution in [0.15, 0.2) is 0 Å². The number of rotatable bonds is 0. The summed E-state index contributed by atoms with van der Waals surface area (Å²) in [7, 11) is -13.9. The zero-order valence-electron chi connectivity index (χ0n) is 9.31. The molecule has 12 nitrogen and oxygen atoms in total. The maximum absolute atomic E-state index is 8.88. The lowest BCUT2D eigenvalue weighted by Gasteiger charge is -2.00. The standard InChI is InChI=1S/C2H2Cl4.3H3O4P/c3-1-2(4,5)6;3*1-5(2,3)4/h1H2;3*(H3,1,2,3,4). The molecule has 0 rings (SSSR count). The third-order valence-corrected chi connectivity index (χ3v) is 1.36. The molecule has 0 saturated heterocycles. The first-order chi connectivity index (χ1) is 8.56. The van der Waals surface area contributed by atoms with Crippen molar-refractivity contribution in [1.82, 2.24) is 0 Å². The van der Waals surface area contributed by atoms with Crippen LogP contribution in [0.5, 0.6) is 0 Å².